The third-order valence-corrected chi connectivity index (χ3v) is 10.0. The fourth-order valence-corrected chi connectivity index (χ4v) is 8.29. The second-order valence-corrected chi connectivity index (χ2v) is 12.9. The van der Waals surface area contributed by atoms with Crippen molar-refractivity contribution < 1.29 is 13.2 Å². The molecule has 1 aromatic heterocycles. The number of sulfonamides is 1. The van der Waals surface area contributed by atoms with Crippen molar-refractivity contribution in [3.8, 4) is 5.69 Å². The van der Waals surface area contributed by atoms with E-state index in [1.165, 1.54) is 9.36 Å². The van der Waals surface area contributed by atoms with Gasteiger partial charge in [-0.25, -0.2) is 31.9 Å². The number of aromatic nitrogens is 3. The highest BCUT2D eigenvalue weighted by Gasteiger charge is 2.57. The standard InChI is InChI=1S/C32H34N4O5S/c1-5-41-26-20-33-31(37)34(24-14-10-7-11-15-24)32(38)35(33)30-27(26)29(23-12-8-6-9-13-23)36(28(30)21(2)3)42(39,40)25-18-16-22(4)17-19-25/h6-19,21,28-30H,5,20H2,1-4H3/t28-,29+,30+/m1/s1. The van der Waals surface area contributed by atoms with Crippen LogP contribution in [0.4, 0.5) is 0 Å². The summed E-state index contributed by atoms with van der Waals surface area (Å²) in [6.45, 7) is 8.00. The summed E-state index contributed by atoms with van der Waals surface area (Å²) < 4.78 is 41.0. The molecule has 3 heterocycles. The van der Waals surface area contributed by atoms with Crippen LogP contribution < -0.4 is 11.4 Å². The monoisotopic (exact) mass is 586 g/mol. The number of nitrogens with zero attached hydrogens (tertiary/aromatic N) is 4. The molecule has 2 aliphatic rings. The van der Waals surface area contributed by atoms with Gasteiger partial charge in [0.05, 0.1) is 35.3 Å². The predicted octanol–water partition coefficient (Wildman–Crippen LogP) is 4.42. The van der Waals surface area contributed by atoms with Crippen LogP contribution in [0.5, 0.6) is 0 Å². The molecule has 42 heavy (non-hydrogen) atoms. The van der Waals surface area contributed by atoms with E-state index in [9.17, 15) is 18.0 Å². The van der Waals surface area contributed by atoms with E-state index in [1.807, 2.05) is 64.1 Å². The number of benzene rings is 3. The molecule has 1 saturated heterocycles. The van der Waals surface area contributed by atoms with Gasteiger partial charge < -0.3 is 4.74 Å². The number of para-hydroxylation sites is 1. The topological polar surface area (TPSA) is 95.5 Å². The molecule has 0 unspecified atom stereocenters. The van der Waals surface area contributed by atoms with E-state index in [1.54, 1.807) is 52.8 Å². The quantitative estimate of drug-likeness (QED) is 0.320. The summed E-state index contributed by atoms with van der Waals surface area (Å²) in [5, 5.41) is 0. The minimum absolute atomic E-state index is 0.0140. The molecule has 9 nitrogen and oxygen atoms in total. The highest BCUT2D eigenvalue weighted by Crippen LogP contribution is 2.53. The summed E-state index contributed by atoms with van der Waals surface area (Å²) in [6, 6.07) is 22.8. The number of aryl methyl sites for hydroxylation is 1. The first-order valence-electron chi connectivity index (χ1n) is 14.2. The first-order valence-corrected chi connectivity index (χ1v) is 15.6. The zero-order valence-electron chi connectivity index (χ0n) is 24.0. The third kappa shape index (κ3) is 4.28. The van der Waals surface area contributed by atoms with Gasteiger partial charge in [-0.15, -0.1) is 0 Å². The molecule has 218 valence electrons. The number of fused-ring (bicyclic) bond motifs is 3. The highest BCUT2D eigenvalue weighted by molar-refractivity contribution is 7.89. The van der Waals surface area contributed by atoms with Gasteiger partial charge in [0.1, 0.15) is 12.3 Å². The number of rotatable bonds is 7. The van der Waals surface area contributed by atoms with Crippen LogP contribution in [0, 0.1) is 12.8 Å². The van der Waals surface area contributed by atoms with Crippen LogP contribution >= 0.6 is 0 Å². The average Bonchev–Trinajstić information content (AvgIpc) is 3.47. The maximum atomic E-state index is 14.6. The first-order chi connectivity index (χ1) is 20.2. The molecule has 3 atom stereocenters. The van der Waals surface area contributed by atoms with E-state index >= 15 is 0 Å². The molecule has 0 spiro atoms. The van der Waals surface area contributed by atoms with Crippen LogP contribution in [0.25, 0.3) is 5.69 Å². The first kappa shape index (κ1) is 28.0. The maximum Gasteiger partial charge on any atom is 0.352 e. The maximum absolute atomic E-state index is 14.6. The second-order valence-electron chi connectivity index (χ2n) is 11.1. The molecule has 0 amide bonds. The highest BCUT2D eigenvalue weighted by atomic mass is 32.2. The zero-order valence-corrected chi connectivity index (χ0v) is 24.9. The second kappa shape index (κ2) is 10.6. The van der Waals surface area contributed by atoms with Gasteiger partial charge in [0, 0.05) is 5.57 Å². The zero-order chi connectivity index (χ0) is 29.8. The van der Waals surface area contributed by atoms with Gasteiger partial charge in [0.25, 0.3) is 0 Å². The molecule has 4 aromatic rings. The van der Waals surface area contributed by atoms with Crippen LogP contribution in [-0.2, 0) is 21.3 Å². The van der Waals surface area contributed by atoms with E-state index in [2.05, 4.69) is 0 Å². The number of hydrogen-bond acceptors (Lipinski definition) is 5. The van der Waals surface area contributed by atoms with Crippen LogP contribution in [0.2, 0.25) is 0 Å². The lowest BCUT2D eigenvalue weighted by Gasteiger charge is -2.33. The number of ether oxygens (including phenoxy) is 1. The van der Waals surface area contributed by atoms with Gasteiger partial charge in [-0.3, -0.25) is 0 Å². The molecule has 0 N–H and O–H groups in total. The van der Waals surface area contributed by atoms with Gasteiger partial charge in [-0.1, -0.05) is 80.1 Å². The lowest BCUT2D eigenvalue weighted by atomic mass is 9.90. The van der Waals surface area contributed by atoms with Gasteiger partial charge in [-0.2, -0.15) is 4.31 Å². The molecule has 0 bridgehead atoms. The number of allylic oxidation sites excluding steroid dienone is 1. The minimum Gasteiger partial charge on any atom is -0.496 e. The Morgan fingerprint density at radius 1 is 0.881 bits per heavy atom. The van der Waals surface area contributed by atoms with Crippen molar-refractivity contribution in [3.05, 3.63) is 128 Å². The van der Waals surface area contributed by atoms with Crippen LogP contribution in [-0.4, -0.2) is 39.3 Å². The van der Waals surface area contributed by atoms with Crippen molar-refractivity contribution in [3.63, 3.8) is 0 Å². The molecule has 0 aliphatic carbocycles. The van der Waals surface area contributed by atoms with Crippen LogP contribution in [0.1, 0.15) is 44.0 Å². The van der Waals surface area contributed by atoms with Crippen LogP contribution in [0.3, 0.4) is 0 Å². The van der Waals surface area contributed by atoms with E-state index in [0.29, 0.717) is 23.6 Å². The SMILES string of the molecule is CCOC1=C2[C@H](c3ccccc3)N(S(=O)(=O)c3ccc(C)cc3)[C@H](C(C)C)[C@H]2n2c(=O)n(-c3ccccc3)c(=O)n2C1. The van der Waals surface area contributed by atoms with E-state index < -0.39 is 39.5 Å². The summed E-state index contributed by atoms with van der Waals surface area (Å²) in [7, 11) is -4.08. The Hall–Kier alpha value is -4.15. The fourth-order valence-electron chi connectivity index (χ4n) is 6.38. The molecule has 10 heteroatoms. The summed E-state index contributed by atoms with van der Waals surface area (Å²) in [6.07, 6.45) is 0. The molecule has 0 saturated carbocycles. The molecule has 3 aromatic carbocycles. The molecular weight excluding hydrogens is 552 g/mol. The Kier molecular flexibility index (Phi) is 7.06. The van der Waals surface area contributed by atoms with Crippen molar-refractivity contribution in [2.45, 2.75) is 57.3 Å². The van der Waals surface area contributed by atoms with E-state index in [4.69, 9.17) is 4.74 Å². The van der Waals surface area contributed by atoms with Crippen molar-refractivity contribution in [1.82, 2.24) is 18.2 Å². The minimum atomic E-state index is -4.08. The Labute approximate surface area is 244 Å². The predicted molar refractivity (Wildman–Crippen MR) is 160 cm³/mol. The van der Waals surface area contributed by atoms with Crippen molar-refractivity contribution in [2.24, 2.45) is 5.92 Å². The molecular formula is C32H34N4O5S. The average molecular weight is 587 g/mol. The Morgan fingerprint density at radius 2 is 1.50 bits per heavy atom. The van der Waals surface area contributed by atoms with E-state index in [0.717, 1.165) is 15.7 Å². The fraction of sp³-hybridized carbons (Fsp3) is 0.312. The van der Waals surface area contributed by atoms with E-state index in [-0.39, 0.29) is 17.4 Å². The van der Waals surface area contributed by atoms with Gasteiger partial charge in [0.15, 0.2) is 0 Å². The van der Waals surface area contributed by atoms with Crippen molar-refractivity contribution in [2.75, 3.05) is 6.61 Å². The molecule has 2 aliphatic heterocycles. The van der Waals surface area contributed by atoms with Crippen LogP contribution in [0.15, 0.2) is 111 Å². The molecule has 6 rings (SSSR count). The summed E-state index contributed by atoms with van der Waals surface area (Å²) in [5.74, 6) is 0.284. The summed E-state index contributed by atoms with van der Waals surface area (Å²) in [4.78, 5) is 28.2. The van der Waals surface area contributed by atoms with Crippen molar-refractivity contribution in [1.29, 1.82) is 0 Å². The molecule has 1 fully saturated rings. The summed E-state index contributed by atoms with van der Waals surface area (Å²) >= 11 is 0. The molecule has 0 radical (unpaired) electrons. The Bertz CT molecular complexity index is 1870. The Balaban J connectivity index is 1.68. The van der Waals surface area contributed by atoms with Crippen molar-refractivity contribution >= 4 is 10.0 Å². The Morgan fingerprint density at radius 3 is 2.10 bits per heavy atom. The largest absolute Gasteiger partial charge is 0.496 e. The van der Waals surface area contributed by atoms with Gasteiger partial charge in [-0.05, 0) is 49.6 Å². The lowest BCUT2D eigenvalue weighted by Crippen LogP contribution is -2.46. The van der Waals surface area contributed by atoms with Gasteiger partial charge in [0.2, 0.25) is 10.0 Å². The number of hydrogen-bond donors (Lipinski definition) is 0. The lowest BCUT2D eigenvalue weighted by molar-refractivity contribution is 0.172. The smallest absolute Gasteiger partial charge is 0.352 e. The summed E-state index contributed by atoms with van der Waals surface area (Å²) in [5.41, 5.74) is 1.83. The van der Waals surface area contributed by atoms with Gasteiger partial charge >= 0.3 is 11.4 Å². The normalized spacial score (nSPS) is 20.5. The third-order valence-electron chi connectivity index (χ3n) is 8.15.